The number of carbonyl (C=O) groups is 2. The molecule has 6 nitrogen and oxygen atoms in total. The third-order valence-electron chi connectivity index (χ3n) is 5.88. The summed E-state index contributed by atoms with van der Waals surface area (Å²) in [6.07, 6.45) is -1.33. The Morgan fingerprint density at radius 2 is 0.833 bits per heavy atom. The van der Waals surface area contributed by atoms with Gasteiger partial charge in [-0.25, -0.2) is 0 Å². The van der Waals surface area contributed by atoms with Gasteiger partial charge in [-0.3, -0.25) is 9.59 Å². The fourth-order valence-corrected chi connectivity index (χ4v) is 3.50. The van der Waals surface area contributed by atoms with Crippen molar-refractivity contribution in [3.05, 3.63) is 83.9 Å². The molecule has 2 amide bonds. The van der Waals surface area contributed by atoms with Crippen LogP contribution >= 0.6 is 0 Å². The van der Waals surface area contributed by atoms with Crippen molar-refractivity contribution >= 4 is 23.2 Å². The molecule has 3 aromatic rings. The maximum absolute atomic E-state index is 12.6. The summed E-state index contributed by atoms with van der Waals surface area (Å²) in [6.45, 7) is 11.9. The number of anilines is 2. The summed E-state index contributed by atoms with van der Waals surface area (Å²) in [7, 11) is 0. The second kappa shape index (κ2) is 12.2. The summed E-state index contributed by atoms with van der Waals surface area (Å²) < 4.78 is 11.5. The van der Waals surface area contributed by atoms with Crippen molar-refractivity contribution in [3.8, 4) is 11.5 Å². The summed E-state index contributed by atoms with van der Waals surface area (Å²) in [6, 6.07) is 22.5. The van der Waals surface area contributed by atoms with Crippen LogP contribution in [-0.2, 0) is 9.59 Å². The number of rotatable bonds is 10. The van der Waals surface area contributed by atoms with E-state index in [1.165, 1.54) is 11.1 Å². The number of benzene rings is 3. The van der Waals surface area contributed by atoms with E-state index in [2.05, 4.69) is 38.3 Å². The minimum absolute atomic E-state index is 0.259. The summed E-state index contributed by atoms with van der Waals surface area (Å²) in [4.78, 5) is 25.1. The fourth-order valence-electron chi connectivity index (χ4n) is 3.50. The highest BCUT2D eigenvalue weighted by Crippen LogP contribution is 2.21. The molecular weight excluding hydrogens is 452 g/mol. The molecule has 0 aliphatic rings. The maximum Gasteiger partial charge on any atom is 0.265 e. The molecule has 0 fully saturated rings. The van der Waals surface area contributed by atoms with E-state index in [-0.39, 0.29) is 11.8 Å². The smallest absolute Gasteiger partial charge is 0.265 e. The van der Waals surface area contributed by atoms with Crippen molar-refractivity contribution in [1.82, 2.24) is 0 Å². The predicted octanol–water partition coefficient (Wildman–Crippen LogP) is 6.75. The van der Waals surface area contributed by atoms with Crippen LogP contribution in [0.4, 0.5) is 11.4 Å². The lowest BCUT2D eigenvalue weighted by molar-refractivity contribution is -0.122. The van der Waals surface area contributed by atoms with E-state index in [9.17, 15) is 9.59 Å². The topological polar surface area (TPSA) is 76.7 Å². The summed E-state index contributed by atoms with van der Waals surface area (Å²) >= 11 is 0. The van der Waals surface area contributed by atoms with Gasteiger partial charge in [-0.1, -0.05) is 52.0 Å². The first kappa shape index (κ1) is 26.8. The Labute approximate surface area is 214 Å². The molecule has 0 radical (unpaired) electrons. The van der Waals surface area contributed by atoms with Crippen molar-refractivity contribution < 1.29 is 19.1 Å². The molecule has 2 unspecified atom stereocenters. The summed E-state index contributed by atoms with van der Waals surface area (Å²) in [5, 5.41) is 5.68. The Kier molecular flexibility index (Phi) is 9.12. The van der Waals surface area contributed by atoms with Crippen LogP contribution in [-0.4, -0.2) is 24.0 Å². The van der Waals surface area contributed by atoms with Crippen molar-refractivity contribution in [2.24, 2.45) is 0 Å². The van der Waals surface area contributed by atoms with E-state index in [4.69, 9.17) is 9.47 Å². The van der Waals surface area contributed by atoms with Crippen LogP contribution < -0.4 is 20.1 Å². The minimum atomic E-state index is -0.665. The lowest BCUT2D eigenvalue weighted by atomic mass is 10.0. The molecule has 190 valence electrons. The fraction of sp³-hybridized carbons (Fsp3) is 0.333. The average molecular weight is 489 g/mol. The predicted molar refractivity (Wildman–Crippen MR) is 145 cm³/mol. The van der Waals surface area contributed by atoms with Gasteiger partial charge < -0.3 is 20.1 Å². The van der Waals surface area contributed by atoms with Gasteiger partial charge in [0, 0.05) is 11.4 Å². The highest BCUT2D eigenvalue weighted by Gasteiger charge is 2.17. The van der Waals surface area contributed by atoms with Gasteiger partial charge in [0.15, 0.2) is 12.2 Å². The standard InChI is InChI=1S/C30H36N2O4/c1-19(2)23-7-15-27(16-8-23)35-21(5)29(33)31-25-11-13-26(14-12-25)32-30(34)22(6)36-28-17-9-24(10-18-28)20(3)4/h7-22H,1-6H3,(H,31,33)(H,32,34). The molecule has 0 spiro atoms. The van der Waals surface area contributed by atoms with Gasteiger partial charge in [0.25, 0.3) is 11.8 Å². The maximum atomic E-state index is 12.6. The normalized spacial score (nSPS) is 12.7. The number of hydrogen-bond acceptors (Lipinski definition) is 4. The van der Waals surface area contributed by atoms with Gasteiger partial charge in [0.05, 0.1) is 0 Å². The third kappa shape index (κ3) is 7.60. The van der Waals surface area contributed by atoms with E-state index in [0.29, 0.717) is 34.7 Å². The molecule has 3 aromatic carbocycles. The zero-order valence-corrected chi connectivity index (χ0v) is 21.9. The van der Waals surface area contributed by atoms with E-state index in [1.807, 2.05) is 48.5 Å². The molecule has 2 atom stereocenters. The Balaban J connectivity index is 1.49. The van der Waals surface area contributed by atoms with Gasteiger partial charge in [-0.15, -0.1) is 0 Å². The molecule has 2 N–H and O–H groups in total. The molecule has 0 aliphatic carbocycles. The van der Waals surface area contributed by atoms with Gasteiger partial charge >= 0.3 is 0 Å². The first-order valence-corrected chi connectivity index (χ1v) is 12.4. The van der Waals surface area contributed by atoms with E-state index < -0.39 is 12.2 Å². The zero-order chi connectivity index (χ0) is 26.2. The monoisotopic (exact) mass is 488 g/mol. The van der Waals surface area contributed by atoms with Crippen LogP contribution in [0, 0.1) is 0 Å². The van der Waals surface area contributed by atoms with Crippen LogP contribution in [0.15, 0.2) is 72.8 Å². The number of hydrogen-bond donors (Lipinski definition) is 2. The van der Waals surface area contributed by atoms with Gasteiger partial charge in [-0.05, 0) is 85.3 Å². The third-order valence-corrected chi connectivity index (χ3v) is 5.88. The minimum Gasteiger partial charge on any atom is -0.481 e. The Morgan fingerprint density at radius 3 is 1.11 bits per heavy atom. The Hall–Kier alpha value is -3.80. The first-order chi connectivity index (χ1) is 17.1. The van der Waals surface area contributed by atoms with Crippen LogP contribution in [0.5, 0.6) is 11.5 Å². The molecule has 0 heterocycles. The van der Waals surface area contributed by atoms with Gasteiger partial charge in [0.1, 0.15) is 11.5 Å². The molecule has 3 rings (SSSR count). The lowest BCUT2D eigenvalue weighted by Crippen LogP contribution is -2.30. The highest BCUT2D eigenvalue weighted by molar-refractivity contribution is 5.96. The zero-order valence-electron chi connectivity index (χ0n) is 21.9. The number of carbonyl (C=O) groups excluding carboxylic acids is 2. The molecule has 0 saturated heterocycles. The molecule has 36 heavy (non-hydrogen) atoms. The van der Waals surface area contributed by atoms with E-state index in [0.717, 1.165) is 0 Å². The highest BCUT2D eigenvalue weighted by atomic mass is 16.5. The molecule has 0 aromatic heterocycles. The Bertz CT molecular complexity index is 1040. The van der Waals surface area contributed by atoms with Crippen molar-refractivity contribution in [2.45, 2.75) is 65.6 Å². The van der Waals surface area contributed by atoms with E-state index in [1.54, 1.807) is 38.1 Å². The van der Waals surface area contributed by atoms with Crippen molar-refractivity contribution in [3.63, 3.8) is 0 Å². The van der Waals surface area contributed by atoms with Crippen molar-refractivity contribution in [1.29, 1.82) is 0 Å². The molecular formula is C30H36N2O4. The van der Waals surface area contributed by atoms with Crippen LogP contribution in [0.2, 0.25) is 0 Å². The van der Waals surface area contributed by atoms with Gasteiger partial charge in [-0.2, -0.15) is 0 Å². The average Bonchev–Trinajstić information content (AvgIpc) is 2.85. The van der Waals surface area contributed by atoms with Crippen molar-refractivity contribution in [2.75, 3.05) is 10.6 Å². The van der Waals surface area contributed by atoms with Crippen LogP contribution in [0.25, 0.3) is 0 Å². The second-order valence-corrected chi connectivity index (χ2v) is 9.52. The summed E-state index contributed by atoms with van der Waals surface area (Å²) in [5.41, 5.74) is 3.65. The lowest BCUT2D eigenvalue weighted by Gasteiger charge is -2.17. The molecule has 0 saturated carbocycles. The second-order valence-electron chi connectivity index (χ2n) is 9.52. The number of nitrogens with one attached hydrogen (secondary N) is 2. The van der Waals surface area contributed by atoms with Crippen LogP contribution in [0.1, 0.15) is 64.5 Å². The molecule has 0 aliphatic heterocycles. The number of ether oxygens (including phenoxy) is 2. The quantitative estimate of drug-likeness (QED) is 0.331. The van der Waals surface area contributed by atoms with E-state index >= 15 is 0 Å². The molecule has 0 bridgehead atoms. The number of amides is 2. The van der Waals surface area contributed by atoms with Gasteiger partial charge in [0.2, 0.25) is 0 Å². The molecule has 6 heteroatoms. The first-order valence-electron chi connectivity index (χ1n) is 12.4. The summed E-state index contributed by atoms with van der Waals surface area (Å²) in [5.74, 6) is 1.64. The largest absolute Gasteiger partial charge is 0.481 e. The van der Waals surface area contributed by atoms with Crippen LogP contribution in [0.3, 0.4) is 0 Å². The SMILES string of the molecule is CC(Oc1ccc(C(C)C)cc1)C(=O)Nc1ccc(NC(=O)C(C)Oc2ccc(C(C)C)cc2)cc1. The Morgan fingerprint density at radius 1 is 0.528 bits per heavy atom.